The Hall–Kier alpha value is -3.63. The third-order valence-electron chi connectivity index (χ3n) is 5.22. The zero-order valence-corrected chi connectivity index (χ0v) is 17.4. The highest BCUT2D eigenvalue weighted by Crippen LogP contribution is 2.27. The molecule has 2 aromatic rings. The second-order valence-corrected chi connectivity index (χ2v) is 7.58. The summed E-state index contributed by atoms with van der Waals surface area (Å²) < 4.78 is 26.7. The molecule has 2 heterocycles. The number of carbonyl (C=O) groups excluding carboxylic acids is 2. The van der Waals surface area contributed by atoms with E-state index in [0.29, 0.717) is 31.5 Å². The molecular formula is C21H23F2N5O4. The number of pyridine rings is 1. The number of amides is 2. The molecule has 9 nitrogen and oxygen atoms in total. The first-order chi connectivity index (χ1) is 15.2. The van der Waals surface area contributed by atoms with Gasteiger partial charge in [-0.3, -0.25) is 19.7 Å². The third kappa shape index (κ3) is 5.74. The topological polar surface area (TPSA) is 117 Å². The Bertz CT molecular complexity index is 1010. The predicted octanol–water partition coefficient (Wildman–Crippen LogP) is 2.10. The van der Waals surface area contributed by atoms with E-state index in [1.165, 1.54) is 31.3 Å². The van der Waals surface area contributed by atoms with E-state index in [2.05, 4.69) is 15.6 Å². The quantitative estimate of drug-likeness (QED) is 0.496. The van der Waals surface area contributed by atoms with Gasteiger partial charge in [0.1, 0.15) is 6.04 Å². The van der Waals surface area contributed by atoms with Crippen LogP contribution in [0.25, 0.3) is 0 Å². The molecule has 1 atom stereocenters. The zero-order chi connectivity index (χ0) is 23.3. The molecular weight excluding hydrogens is 424 g/mol. The molecule has 1 aliphatic rings. The summed E-state index contributed by atoms with van der Waals surface area (Å²) in [6, 6.07) is 5.07. The second kappa shape index (κ2) is 10.1. The van der Waals surface area contributed by atoms with Gasteiger partial charge in [0.2, 0.25) is 17.6 Å². The lowest BCUT2D eigenvalue weighted by atomic mass is 10.0. The monoisotopic (exact) mass is 447 g/mol. The molecule has 0 radical (unpaired) electrons. The first kappa shape index (κ1) is 23.0. The first-order valence-corrected chi connectivity index (χ1v) is 10.1. The second-order valence-electron chi connectivity index (χ2n) is 7.58. The average Bonchev–Trinajstić information content (AvgIpc) is 2.76. The van der Waals surface area contributed by atoms with Gasteiger partial charge in [-0.2, -0.15) is 0 Å². The Balaban J connectivity index is 1.62. The van der Waals surface area contributed by atoms with E-state index in [1.807, 2.05) is 0 Å². The summed E-state index contributed by atoms with van der Waals surface area (Å²) in [6.07, 6.45) is 2.54. The van der Waals surface area contributed by atoms with Crippen molar-refractivity contribution in [2.45, 2.75) is 38.3 Å². The van der Waals surface area contributed by atoms with Gasteiger partial charge in [-0.1, -0.05) is 6.07 Å². The van der Waals surface area contributed by atoms with Gasteiger partial charge < -0.3 is 15.5 Å². The molecule has 170 valence electrons. The van der Waals surface area contributed by atoms with Crippen molar-refractivity contribution in [3.8, 4) is 0 Å². The molecule has 0 unspecified atom stereocenters. The Morgan fingerprint density at radius 3 is 2.59 bits per heavy atom. The van der Waals surface area contributed by atoms with E-state index in [9.17, 15) is 28.5 Å². The van der Waals surface area contributed by atoms with Crippen LogP contribution in [0.3, 0.4) is 0 Å². The highest BCUT2D eigenvalue weighted by atomic mass is 19.2. The van der Waals surface area contributed by atoms with Crippen LogP contribution in [0, 0.1) is 21.7 Å². The summed E-state index contributed by atoms with van der Waals surface area (Å²) in [5.74, 6) is -2.59. The number of hydrogen-bond acceptors (Lipinski definition) is 6. The van der Waals surface area contributed by atoms with Crippen molar-refractivity contribution in [1.29, 1.82) is 0 Å². The molecule has 2 N–H and O–H groups in total. The summed E-state index contributed by atoms with van der Waals surface area (Å²) >= 11 is 0. The van der Waals surface area contributed by atoms with Crippen LogP contribution in [0.5, 0.6) is 0 Å². The summed E-state index contributed by atoms with van der Waals surface area (Å²) in [5.41, 5.74) is 0.294. The fraction of sp³-hybridized carbons (Fsp3) is 0.381. The summed E-state index contributed by atoms with van der Waals surface area (Å²) in [6.45, 7) is 2.18. The van der Waals surface area contributed by atoms with Crippen LogP contribution >= 0.6 is 0 Å². The van der Waals surface area contributed by atoms with Gasteiger partial charge in [0.15, 0.2) is 11.6 Å². The number of hydrogen-bond donors (Lipinski definition) is 2. The van der Waals surface area contributed by atoms with Gasteiger partial charge in [-0.15, -0.1) is 0 Å². The number of nitrogens with one attached hydrogen (secondary N) is 2. The third-order valence-corrected chi connectivity index (χ3v) is 5.22. The summed E-state index contributed by atoms with van der Waals surface area (Å²) in [5, 5.41) is 16.7. The van der Waals surface area contributed by atoms with Crippen LogP contribution in [-0.4, -0.2) is 46.9 Å². The average molecular weight is 447 g/mol. The van der Waals surface area contributed by atoms with Gasteiger partial charge in [-0.25, -0.2) is 13.8 Å². The van der Waals surface area contributed by atoms with Gasteiger partial charge in [0.25, 0.3) is 0 Å². The van der Waals surface area contributed by atoms with Crippen LogP contribution in [0.4, 0.5) is 20.3 Å². The molecule has 3 rings (SSSR count). The fourth-order valence-corrected chi connectivity index (χ4v) is 3.67. The van der Waals surface area contributed by atoms with Crippen LogP contribution in [0.2, 0.25) is 0 Å². The van der Waals surface area contributed by atoms with E-state index < -0.39 is 34.4 Å². The molecule has 0 saturated carbocycles. The molecule has 1 aromatic heterocycles. The molecule has 11 heteroatoms. The molecule has 0 bridgehead atoms. The lowest BCUT2D eigenvalue weighted by molar-refractivity contribution is -0.384. The van der Waals surface area contributed by atoms with Crippen LogP contribution in [0.15, 0.2) is 36.5 Å². The van der Waals surface area contributed by atoms with E-state index in [0.717, 1.165) is 12.1 Å². The van der Waals surface area contributed by atoms with E-state index in [-0.39, 0.29) is 24.0 Å². The standard InChI is InChI=1S/C21H23F2N5O4/c1-13(29)25-18(12-14-4-5-16(22)17(23)11-14)21(30)26-15-6-9-27(10-7-15)20-19(28(31)32)3-2-8-24-20/h2-5,8,11,15,18H,6-7,9-10,12H2,1H3,(H,25,29)(H,26,30)/t18-/m1/s1. The Morgan fingerprint density at radius 1 is 1.25 bits per heavy atom. The maximum Gasteiger partial charge on any atom is 0.311 e. The van der Waals surface area contributed by atoms with Gasteiger partial charge in [0, 0.05) is 44.7 Å². The first-order valence-electron chi connectivity index (χ1n) is 10.1. The Labute approximate surface area is 183 Å². The number of anilines is 1. The largest absolute Gasteiger partial charge is 0.351 e. The van der Waals surface area contributed by atoms with Gasteiger partial charge in [-0.05, 0) is 36.6 Å². The predicted molar refractivity (Wildman–Crippen MR) is 112 cm³/mol. The molecule has 1 aliphatic heterocycles. The lowest BCUT2D eigenvalue weighted by Gasteiger charge is -2.33. The van der Waals surface area contributed by atoms with Crippen molar-refractivity contribution in [2.24, 2.45) is 0 Å². The minimum Gasteiger partial charge on any atom is -0.351 e. The van der Waals surface area contributed by atoms with Crippen molar-refractivity contribution >= 4 is 23.3 Å². The molecule has 1 saturated heterocycles. The van der Waals surface area contributed by atoms with E-state index in [1.54, 1.807) is 4.90 Å². The SMILES string of the molecule is CC(=O)N[C@H](Cc1ccc(F)c(F)c1)C(=O)NC1CCN(c2ncccc2[N+](=O)[O-])CC1. The highest BCUT2D eigenvalue weighted by Gasteiger charge is 2.28. The van der Waals surface area contributed by atoms with Crippen LogP contribution in [-0.2, 0) is 16.0 Å². The van der Waals surface area contributed by atoms with Crippen LogP contribution in [0.1, 0.15) is 25.3 Å². The van der Waals surface area contributed by atoms with Crippen molar-refractivity contribution in [3.05, 3.63) is 63.8 Å². The lowest BCUT2D eigenvalue weighted by Crippen LogP contribution is -2.52. The van der Waals surface area contributed by atoms with Crippen LogP contribution < -0.4 is 15.5 Å². The van der Waals surface area contributed by atoms with Gasteiger partial charge >= 0.3 is 5.69 Å². The number of aromatic nitrogens is 1. The number of nitro groups is 1. The summed E-state index contributed by atoms with van der Waals surface area (Å²) in [4.78, 5) is 41.0. The smallest absolute Gasteiger partial charge is 0.311 e. The van der Waals surface area contributed by atoms with Crippen molar-refractivity contribution in [2.75, 3.05) is 18.0 Å². The minimum absolute atomic E-state index is 0.00158. The van der Waals surface area contributed by atoms with Crippen molar-refractivity contribution in [3.63, 3.8) is 0 Å². The molecule has 0 aliphatic carbocycles. The maximum atomic E-state index is 13.5. The maximum absolute atomic E-state index is 13.5. The molecule has 2 amide bonds. The number of nitrogens with zero attached hydrogens (tertiary/aromatic N) is 3. The number of rotatable bonds is 7. The summed E-state index contributed by atoms with van der Waals surface area (Å²) in [7, 11) is 0. The molecule has 0 spiro atoms. The number of halogens is 2. The fourth-order valence-electron chi connectivity index (χ4n) is 3.67. The van der Waals surface area contributed by atoms with E-state index >= 15 is 0 Å². The van der Waals surface area contributed by atoms with Gasteiger partial charge in [0.05, 0.1) is 4.92 Å². The highest BCUT2D eigenvalue weighted by molar-refractivity contribution is 5.87. The molecule has 1 aromatic carbocycles. The minimum atomic E-state index is -1.03. The number of benzene rings is 1. The molecule has 1 fully saturated rings. The normalized spacial score (nSPS) is 15.2. The Kier molecular flexibility index (Phi) is 7.29. The molecule has 32 heavy (non-hydrogen) atoms. The Morgan fingerprint density at radius 2 is 1.97 bits per heavy atom. The number of carbonyl (C=O) groups is 2. The van der Waals surface area contributed by atoms with E-state index in [4.69, 9.17) is 0 Å². The number of piperidine rings is 1. The zero-order valence-electron chi connectivity index (χ0n) is 17.4. The van der Waals surface area contributed by atoms with Crippen molar-refractivity contribution < 1.29 is 23.3 Å². The van der Waals surface area contributed by atoms with Crippen molar-refractivity contribution in [1.82, 2.24) is 15.6 Å².